The third kappa shape index (κ3) is 3.10. The van der Waals surface area contributed by atoms with E-state index in [9.17, 15) is 10.1 Å². The van der Waals surface area contributed by atoms with E-state index in [1.54, 1.807) is 6.07 Å². The maximum Gasteiger partial charge on any atom is 0.328 e. The Hall–Kier alpha value is -2.24. The number of rotatable bonds is 5. The van der Waals surface area contributed by atoms with Crippen molar-refractivity contribution < 1.29 is 15.1 Å². The van der Waals surface area contributed by atoms with E-state index in [4.69, 9.17) is 15.5 Å². The fourth-order valence-corrected chi connectivity index (χ4v) is 1.14. The quantitative estimate of drug-likeness (QED) is 0.470. The van der Waals surface area contributed by atoms with Gasteiger partial charge in [-0.05, 0) is 6.07 Å². The van der Waals surface area contributed by atoms with E-state index in [2.05, 4.69) is 10.3 Å². The van der Waals surface area contributed by atoms with Crippen LogP contribution in [0, 0.1) is 21.4 Å². The number of aliphatic hydroxyl groups excluding tert-OH is 2. The van der Waals surface area contributed by atoms with Crippen molar-refractivity contribution in [2.24, 2.45) is 0 Å². The van der Waals surface area contributed by atoms with Gasteiger partial charge in [0.05, 0.1) is 17.6 Å². The van der Waals surface area contributed by atoms with Crippen LogP contribution in [0.3, 0.4) is 0 Å². The zero-order valence-corrected chi connectivity index (χ0v) is 8.70. The van der Waals surface area contributed by atoms with Crippen molar-refractivity contribution in [3.8, 4) is 6.07 Å². The topological polar surface area (TPSA) is 132 Å². The molecule has 0 saturated carbocycles. The Labute approximate surface area is 96.3 Å². The van der Waals surface area contributed by atoms with Gasteiger partial charge in [0.15, 0.2) is 0 Å². The Morgan fingerprint density at radius 2 is 2.41 bits per heavy atom. The first-order chi connectivity index (χ1) is 8.10. The molecule has 0 aliphatic carbocycles. The molecule has 0 spiro atoms. The highest BCUT2D eigenvalue weighted by molar-refractivity contribution is 5.64. The van der Waals surface area contributed by atoms with Crippen LogP contribution in [0.15, 0.2) is 12.3 Å². The van der Waals surface area contributed by atoms with Gasteiger partial charge in [0.2, 0.25) is 5.82 Å². The lowest BCUT2D eigenvalue weighted by atomic mass is 10.2. The standard InChI is InChI=1S/C9H10N4O4/c10-3-6-1-2-11-9(8(6)13(16)17)12-4-7(15)5-14/h1-2,7,14-15H,4-5H2,(H,11,12). The number of hydrogen-bond donors (Lipinski definition) is 3. The van der Waals surface area contributed by atoms with Crippen molar-refractivity contribution >= 4 is 11.5 Å². The summed E-state index contributed by atoms with van der Waals surface area (Å²) in [6, 6.07) is 2.91. The number of nitro groups is 1. The molecule has 0 radical (unpaired) electrons. The van der Waals surface area contributed by atoms with E-state index in [0.717, 1.165) is 0 Å². The van der Waals surface area contributed by atoms with E-state index in [1.165, 1.54) is 12.3 Å². The highest BCUT2D eigenvalue weighted by Crippen LogP contribution is 2.25. The normalized spacial score (nSPS) is 11.6. The molecule has 1 aromatic heterocycles. The molecule has 0 amide bonds. The molecule has 8 heteroatoms. The number of aliphatic hydroxyl groups is 2. The minimum atomic E-state index is -1.05. The number of hydrogen-bond acceptors (Lipinski definition) is 7. The lowest BCUT2D eigenvalue weighted by Crippen LogP contribution is -2.23. The third-order valence-corrected chi connectivity index (χ3v) is 1.94. The predicted molar refractivity (Wildman–Crippen MR) is 57.2 cm³/mol. The third-order valence-electron chi connectivity index (χ3n) is 1.94. The van der Waals surface area contributed by atoms with Gasteiger partial charge >= 0.3 is 5.69 Å². The average molecular weight is 238 g/mol. The first-order valence-electron chi connectivity index (χ1n) is 4.66. The molecule has 8 nitrogen and oxygen atoms in total. The average Bonchev–Trinajstić information content (AvgIpc) is 2.34. The minimum absolute atomic E-state index is 0.0980. The second-order valence-corrected chi connectivity index (χ2v) is 3.14. The molecule has 0 aliphatic heterocycles. The summed E-state index contributed by atoms with van der Waals surface area (Å²) in [5, 5.41) is 39.7. The Balaban J connectivity index is 2.99. The van der Waals surface area contributed by atoms with Crippen LogP contribution in [0.25, 0.3) is 0 Å². The molecule has 0 aromatic carbocycles. The second kappa shape index (κ2) is 5.74. The van der Waals surface area contributed by atoms with Crippen LogP contribution >= 0.6 is 0 Å². The van der Waals surface area contributed by atoms with Gasteiger partial charge in [-0.1, -0.05) is 0 Å². The van der Waals surface area contributed by atoms with Gasteiger partial charge in [-0.3, -0.25) is 10.1 Å². The van der Waals surface area contributed by atoms with Crippen molar-refractivity contribution in [3.05, 3.63) is 27.9 Å². The Morgan fingerprint density at radius 1 is 1.71 bits per heavy atom. The van der Waals surface area contributed by atoms with Crippen molar-refractivity contribution in [3.63, 3.8) is 0 Å². The van der Waals surface area contributed by atoms with E-state index in [-0.39, 0.29) is 17.9 Å². The zero-order chi connectivity index (χ0) is 12.8. The van der Waals surface area contributed by atoms with Crippen LogP contribution in [0.2, 0.25) is 0 Å². The summed E-state index contributed by atoms with van der Waals surface area (Å²) in [4.78, 5) is 13.8. The molecule has 0 fully saturated rings. The molecule has 1 unspecified atom stereocenters. The van der Waals surface area contributed by atoms with Crippen LogP contribution in [-0.4, -0.2) is 39.4 Å². The maximum atomic E-state index is 10.8. The van der Waals surface area contributed by atoms with Gasteiger partial charge in [-0.2, -0.15) is 5.26 Å². The molecule has 1 atom stereocenters. The highest BCUT2D eigenvalue weighted by Gasteiger charge is 2.21. The van der Waals surface area contributed by atoms with Crippen molar-refractivity contribution in [2.75, 3.05) is 18.5 Å². The SMILES string of the molecule is N#Cc1ccnc(NCC(O)CO)c1[N+](=O)[O-]. The number of anilines is 1. The predicted octanol–water partition coefficient (Wildman–Crippen LogP) is -0.373. The van der Waals surface area contributed by atoms with Gasteiger partial charge in [-0.25, -0.2) is 4.98 Å². The van der Waals surface area contributed by atoms with Gasteiger partial charge in [0.25, 0.3) is 0 Å². The second-order valence-electron chi connectivity index (χ2n) is 3.14. The minimum Gasteiger partial charge on any atom is -0.394 e. The number of nitrogens with one attached hydrogen (secondary N) is 1. The Bertz CT molecular complexity index is 457. The summed E-state index contributed by atoms with van der Waals surface area (Å²) >= 11 is 0. The summed E-state index contributed by atoms with van der Waals surface area (Å²) in [6.07, 6.45) is 0.196. The number of pyridine rings is 1. The Kier molecular flexibility index (Phi) is 4.33. The van der Waals surface area contributed by atoms with Gasteiger partial charge in [-0.15, -0.1) is 0 Å². The summed E-state index contributed by atoms with van der Waals surface area (Å²) in [5.74, 6) is -0.110. The molecule has 1 heterocycles. The van der Waals surface area contributed by atoms with Crippen LogP contribution < -0.4 is 5.32 Å². The van der Waals surface area contributed by atoms with Gasteiger partial charge in [0.1, 0.15) is 11.6 Å². The molecular formula is C9H10N4O4. The largest absolute Gasteiger partial charge is 0.394 e. The van der Waals surface area contributed by atoms with Crippen LogP contribution in [0.4, 0.5) is 11.5 Å². The molecule has 0 bridgehead atoms. The molecule has 0 saturated heterocycles. The smallest absolute Gasteiger partial charge is 0.328 e. The first kappa shape index (κ1) is 12.8. The maximum absolute atomic E-state index is 10.8. The molecular weight excluding hydrogens is 228 g/mol. The summed E-state index contributed by atoms with van der Waals surface area (Å²) < 4.78 is 0. The van der Waals surface area contributed by atoms with E-state index in [0.29, 0.717) is 0 Å². The Morgan fingerprint density at radius 3 is 2.94 bits per heavy atom. The fourth-order valence-electron chi connectivity index (χ4n) is 1.14. The number of nitrogens with zero attached hydrogens (tertiary/aromatic N) is 3. The van der Waals surface area contributed by atoms with E-state index < -0.39 is 23.3 Å². The highest BCUT2D eigenvalue weighted by atomic mass is 16.6. The molecule has 1 rings (SSSR count). The lowest BCUT2D eigenvalue weighted by Gasteiger charge is -2.09. The molecule has 90 valence electrons. The fraction of sp³-hybridized carbons (Fsp3) is 0.333. The van der Waals surface area contributed by atoms with Crippen LogP contribution in [0.5, 0.6) is 0 Å². The molecule has 0 aliphatic rings. The van der Waals surface area contributed by atoms with Gasteiger partial charge < -0.3 is 15.5 Å². The number of aromatic nitrogens is 1. The number of nitriles is 1. The monoisotopic (exact) mass is 238 g/mol. The molecule has 1 aromatic rings. The lowest BCUT2D eigenvalue weighted by molar-refractivity contribution is -0.384. The zero-order valence-electron chi connectivity index (χ0n) is 8.70. The molecule has 17 heavy (non-hydrogen) atoms. The van der Waals surface area contributed by atoms with Crippen molar-refractivity contribution in [1.82, 2.24) is 4.98 Å². The first-order valence-corrected chi connectivity index (χ1v) is 4.66. The van der Waals surface area contributed by atoms with E-state index in [1.807, 2.05) is 0 Å². The van der Waals surface area contributed by atoms with Crippen LogP contribution in [0.1, 0.15) is 5.56 Å². The van der Waals surface area contributed by atoms with E-state index >= 15 is 0 Å². The summed E-state index contributed by atoms with van der Waals surface area (Å²) in [5.41, 5.74) is -0.564. The summed E-state index contributed by atoms with van der Waals surface area (Å²) in [7, 11) is 0. The van der Waals surface area contributed by atoms with Crippen molar-refractivity contribution in [1.29, 1.82) is 5.26 Å². The van der Waals surface area contributed by atoms with Gasteiger partial charge in [0, 0.05) is 12.7 Å². The van der Waals surface area contributed by atoms with Crippen molar-refractivity contribution in [2.45, 2.75) is 6.10 Å². The summed E-state index contributed by atoms with van der Waals surface area (Å²) in [6.45, 7) is -0.571. The van der Waals surface area contributed by atoms with Crippen LogP contribution in [-0.2, 0) is 0 Å². The molecule has 3 N–H and O–H groups in total.